The van der Waals surface area contributed by atoms with Crippen LogP contribution in [0.25, 0.3) is 0 Å². The zero-order valence-corrected chi connectivity index (χ0v) is 16.6. The van der Waals surface area contributed by atoms with Gasteiger partial charge in [-0.2, -0.15) is 0 Å². The molecule has 0 spiro atoms. The minimum absolute atomic E-state index is 0.0816. The van der Waals surface area contributed by atoms with Crippen molar-refractivity contribution in [3.8, 4) is 11.5 Å². The molecule has 0 atom stereocenters. The Hall–Kier alpha value is -1.48. The smallest absolute Gasteiger partial charge is 0.254 e. The summed E-state index contributed by atoms with van der Waals surface area (Å²) in [6.07, 6.45) is 0. The number of rotatable bonds is 4. The van der Waals surface area contributed by atoms with Crippen molar-refractivity contribution in [2.24, 2.45) is 0 Å². The van der Waals surface area contributed by atoms with Crippen LogP contribution in [0.15, 0.2) is 33.6 Å². The Balaban J connectivity index is 2.56. The highest BCUT2D eigenvalue weighted by Crippen LogP contribution is 2.37. The molecule has 0 saturated carbocycles. The van der Waals surface area contributed by atoms with E-state index in [0.717, 1.165) is 0 Å². The number of benzene rings is 2. The highest BCUT2D eigenvalue weighted by atomic mass is 79.9. The molecule has 0 saturated heterocycles. The highest BCUT2D eigenvalue weighted by molar-refractivity contribution is 9.10. The maximum Gasteiger partial charge on any atom is 0.254 e. The van der Waals surface area contributed by atoms with Crippen LogP contribution in [-0.2, 0) is 15.6 Å². The van der Waals surface area contributed by atoms with E-state index in [-0.39, 0.29) is 21.2 Å². The summed E-state index contributed by atoms with van der Waals surface area (Å²) in [6.45, 7) is 0. The van der Waals surface area contributed by atoms with Crippen molar-refractivity contribution in [2.75, 3.05) is 7.05 Å². The molecular weight excluding hydrogens is 457 g/mol. The molecule has 2 aromatic rings. The number of carbonyl (C=O) groups is 1. The van der Waals surface area contributed by atoms with Gasteiger partial charge in [0.1, 0.15) is 10.6 Å². The van der Waals surface area contributed by atoms with Crippen molar-refractivity contribution < 1.29 is 23.4 Å². The summed E-state index contributed by atoms with van der Waals surface area (Å²) >= 11 is 14.8. The van der Waals surface area contributed by atoms with Gasteiger partial charge in [-0.05, 0) is 24.3 Å². The molecule has 0 bridgehead atoms. The Bertz CT molecular complexity index is 963. The van der Waals surface area contributed by atoms with Gasteiger partial charge >= 0.3 is 0 Å². The summed E-state index contributed by atoms with van der Waals surface area (Å²) in [5, 5.41) is 22.4. The van der Waals surface area contributed by atoms with E-state index >= 15 is 0 Å². The molecule has 0 radical (unpaired) electrons. The third-order valence-electron chi connectivity index (χ3n) is 3.30. The first-order valence-electron chi connectivity index (χ1n) is 6.71. The van der Waals surface area contributed by atoms with Gasteiger partial charge in [-0.25, -0.2) is 8.42 Å². The van der Waals surface area contributed by atoms with Crippen LogP contribution < -0.4 is 5.32 Å². The normalized spacial score (nSPS) is 11.4. The molecule has 2 rings (SSSR count). The molecule has 0 aliphatic rings. The molecule has 3 N–H and O–H groups in total. The van der Waals surface area contributed by atoms with Crippen LogP contribution >= 0.6 is 39.1 Å². The number of carbonyl (C=O) groups excluding carboxylic acids is 1. The number of sulfone groups is 1. The van der Waals surface area contributed by atoms with Crippen LogP contribution in [0.1, 0.15) is 15.9 Å². The minimum Gasteiger partial charge on any atom is -0.507 e. The molecule has 25 heavy (non-hydrogen) atoms. The summed E-state index contributed by atoms with van der Waals surface area (Å²) in [6, 6.07) is 4.99. The topological polar surface area (TPSA) is 104 Å². The fraction of sp³-hybridized carbons (Fsp3) is 0.133. The standard InChI is InChI=1S/C15H12BrCl2NO5S/c1-19-15(22)10-5-9(17)2-7(13(10)20)6-25(23,24)12-4-8(16)3-11(18)14(12)21/h2-5,20-21H,6H2,1H3,(H,19,22). The Kier molecular flexibility index (Phi) is 5.88. The molecule has 0 aromatic heterocycles. The molecule has 10 heteroatoms. The molecule has 0 unspecified atom stereocenters. The lowest BCUT2D eigenvalue weighted by Gasteiger charge is -2.12. The summed E-state index contributed by atoms with van der Waals surface area (Å²) in [5.41, 5.74) is -0.238. The number of phenols is 2. The van der Waals surface area contributed by atoms with Crippen molar-refractivity contribution >= 4 is 54.9 Å². The number of phenolic OH excluding ortho intramolecular Hbond substituents is 2. The largest absolute Gasteiger partial charge is 0.507 e. The van der Waals surface area contributed by atoms with Gasteiger partial charge in [-0.3, -0.25) is 4.79 Å². The first kappa shape index (κ1) is 19.8. The molecule has 2 aromatic carbocycles. The van der Waals surface area contributed by atoms with Gasteiger partial charge in [0.15, 0.2) is 15.6 Å². The monoisotopic (exact) mass is 467 g/mol. The molecule has 134 valence electrons. The number of hydrogen-bond donors (Lipinski definition) is 3. The quantitative estimate of drug-likeness (QED) is 0.637. The first-order chi connectivity index (χ1) is 11.6. The Morgan fingerprint density at radius 3 is 2.40 bits per heavy atom. The van der Waals surface area contributed by atoms with Crippen molar-refractivity contribution in [1.29, 1.82) is 0 Å². The molecule has 1 amide bonds. The van der Waals surface area contributed by atoms with Crippen molar-refractivity contribution in [1.82, 2.24) is 5.32 Å². The summed E-state index contributed by atoms with van der Waals surface area (Å²) < 4.78 is 25.7. The zero-order chi connectivity index (χ0) is 18.9. The van der Waals surface area contributed by atoms with E-state index in [1.807, 2.05) is 0 Å². The van der Waals surface area contributed by atoms with Gasteiger partial charge in [-0.15, -0.1) is 0 Å². The zero-order valence-electron chi connectivity index (χ0n) is 12.7. The number of aromatic hydroxyl groups is 2. The maximum atomic E-state index is 12.6. The lowest BCUT2D eigenvalue weighted by atomic mass is 10.1. The predicted molar refractivity (Wildman–Crippen MR) is 98.2 cm³/mol. The van der Waals surface area contributed by atoms with E-state index in [2.05, 4.69) is 21.2 Å². The van der Waals surface area contributed by atoms with Crippen LogP contribution in [0.3, 0.4) is 0 Å². The lowest BCUT2D eigenvalue weighted by molar-refractivity contribution is 0.0960. The van der Waals surface area contributed by atoms with Gasteiger partial charge in [0, 0.05) is 22.1 Å². The average Bonchev–Trinajstić information content (AvgIpc) is 2.52. The van der Waals surface area contributed by atoms with Crippen molar-refractivity contribution in [3.05, 3.63) is 49.9 Å². The number of amides is 1. The molecule has 0 fully saturated rings. The van der Waals surface area contributed by atoms with Gasteiger partial charge in [0.2, 0.25) is 0 Å². The van der Waals surface area contributed by atoms with E-state index in [9.17, 15) is 23.4 Å². The van der Waals surface area contributed by atoms with E-state index in [1.54, 1.807) is 0 Å². The molecule has 0 aliphatic heterocycles. The second kappa shape index (κ2) is 7.41. The Morgan fingerprint density at radius 2 is 1.80 bits per heavy atom. The lowest BCUT2D eigenvalue weighted by Crippen LogP contribution is -2.18. The molecule has 0 aliphatic carbocycles. The van der Waals surface area contributed by atoms with Gasteiger partial charge in [-0.1, -0.05) is 39.1 Å². The Morgan fingerprint density at radius 1 is 1.16 bits per heavy atom. The van der Waals surface area contributed by atoms with Gasteiger partial charge < -0.3 is 15.5 Å². The SMILES string of the molecule is CNC(=O)c1cc(Cl)cc(CS(=O)(=O)c2cc(Br)cc(Cl)c2O)c1O. The van der Waals surface area contributed by atoms with E-state index in [0.29, 0.717) is 4.47 Å². The second-order valence-corrected chi connectivity index (χ2v) is 8.75. The van der Waals surface area contributed by atoms with Crippen LogP contribution in [0, 0.1) is 0 Å². The minimum atomic E-state index is -4.09. The van der Waals surface area contributed by atoms with Crippen LogP contribution in [-0.4, -0.2) is 31.6 Å². The number of hydrogen-bond acceptors (Lipinski definition) is 5. The first-order valence-corrected chi connectivity index (χ1v) is 9.91. The second-order valence-electron chi connectivity index (χ2n) is 5.03. The summed E-state index contributed by atoms with van der Waals surface area (Å²) in [4.78, 5) is 11.4. The predicted octanol–water partition coefficient (Wildman–Crippen LogP) is 3.50. The van der Waals surface area contributed by atoms with Crippen LogP contribution in [0.5, 0.6) is 11.5 Å². The van der Waals surface area contributed by atoms with Crippen LogP contribution in [0.2, 0.25) is 10.0 Å². The fourth-order valence-corrected chi connectivity index (χ4v) is 4.89. The van der Waals surface area contributed by atoms with Gasteiger partial charge in [0.05, 0.1) is 16.3 Å². The highest BCUT2D eigenvalue weighted by Gasteiger charge is 2.25. The third-order valence-corrected chi connectivity index (χ3v) is 5.94. The van der Waals surface area contributed by atoms with E-state index in [4.69, 9.17) is 23.2 Å². The van der Waals surface area contributed by atoms with E-state index < -0.39 is 37.9 Å². The number of halogens is 3. The molecular formula is C15H12BrCl2NO5S. The third kappa shape index (κ3) is 4.20. The van der Waals surface area contributed by atoms with E-state index in [1.165, 1.54) is 31.3 Å². The Labute approximate surface area is 162 Å². The van der Waals surface area contributed by atoms with Crippen molar-refractivity contribution in [2.45, 2.75) is 10.6 Å². The summed E-state index contributed by atoms with van der Waals surface area (Å²) in [7, 11) is -2.73. The summed E-state index contributed by atoms with van der Waals surface area (Å²) in [5.74, 6) is -2.41. The molecule has 6 nitrogen and oxygen atoms in total. The van der Waals surface area contributed by atoms with Gasteiger partial charge in [0.25, 0.3) is 5.91 Å². The van der Waals surface area contributed by atoms with Crippen molar-refractivity contribution in [3.63, 3.8) is 0 Å². The number of nitrogens with one attached hydrogen (secondary N) is 1. The molecule has 0 heterocycles. The maximum absolute atomic E-state index is 12.6. The van der Waals surface area contributed by atoms with Crippen LogP contribution in [0.4, 0.5) is 0 Å². The average molecular weight is 469 g/mol. The fourth-order valence-electron chi connectivity index (χ4n) is 2.14.